The predicted molar refractivity (Wildman–Crippen MR) is 88.7 cm³/mol. The molecule has 0 unspecified atom stereocenters. The first-order chi connectivity index (χ1) is 11.0. The average Bonchev–Trinajstić information content (AvgIpc) is 2.87. The van der Waals surface area contributed by atoms with E-state index in [9.17, 15) is 4.79 Å². The van der Waals surface area contributed by atoms with Gasteiger partial charge in [0.05, 0.1) is 7.05 Å². The lowest BCUT2D eigenvalue weighted by Gasteiger charge is -2.10. The Morgan fingerprint density at radius 2 is 1.87 bits per heavy atom. The van der Waals surface area contributed by atoms with Crippen molar-refractivity contribution in [3.05, 3.63) is 53.8 Å². The molecule has 0 aliphatic rings. The van der Waals surface area contributed by atoms with E-state index < -0.39 is 6.09 Å². The third-order valence-electron chi connectivity index (χ3n) is 3.63. The first-order valence-corrected chi connectivity index (χ1v) is 7.50. The molecular formula is C17H17ClN3O2+. The molecule has 0 saturated heterocycles. The van der Waals surface area contributed by atoms with Crippen LogP contribution < -0.4 is 9.30 Å². The Bertz CT molecular complexity index is 869. The van der Waals surface area contributed by atoms with E-state index in [1.807, 2.05) is 48.0 Å². The zero-order valence-electron chi connectivity index (χ0n) is 13.2. The third kappa shape index (κ3) is 2.87. The van der Waals surface area contributed by atoms with Crippen molar-refractivity contribution in [2.24, 2.45) is 7.05 Å². The summed E-state index contributed by atoms with van der Waals surface area (Å²) in [6.45, 7) is 0. The van der Waals surface area contributed by atoms with Gasteiger partial charge < -0.3 is 9.64 Å². The molecule has 2 aromatic heterocycles. The highest BCUT2D eigenvalue weighted by Crippen LogP contribution is 2.22. The molecule has 1 amide bonds. The van der Waals surface area contributed by atoms with Crippen LogP contribution in [0.1, 0.15) is 0 Å². The maximum atomic E-state index is 11.6. The summed E-state index contributed by atoms with van der Waals surface area (Å²) in [5.74, 6) is 0.511. The quantitative estimate of drug-likeness (QED) is 0.535. The molecule has 0 spiro atoms. The number of amides is 1. The van der Waals surface area contributed by atoms with E-state index in [0.29, 0.717) is 10.9 Å². The highest BCUT2D eigenvalue weighted by atomic mass is 35.5. The number of rotatable bonds is 2. The fourth-order valence-electron chi connectivity index (χ4n) is 2.37. The number of carbonyl (C=O) groups is 1. The van der Waals surface area contributed by atoms with Gasteiger partial charge in [0.25, 0.3) is 5.65 Å². The van der Waals surface area contributed by atoms with E-state index >= 15 is 0 Å². The number of nitrogens with zero attached hydrogens (tertiary/aromatic N) is 3. The van der Waals surface area contributed by atoms with E-state index in [1.165, 1.54) is 4.90 Å². The fourth-order valence-corrected chi connectivity index (χ4v) is 2.58. The second kappa shape index (κ2) is 5.93. The molecule has 0 N–H and O–H groups in total. The number of hydrogen-bond acceptors (Lipinski definition) is 2. The molecule has 0 bridgehead atoms. The van der Waals surface area contributed by atoms with Crippen molar-refractivity contribution in [3.8, 4) is 17.0 Å². The predicted octanol–water partition coefficient (Wildman–Crippen LogP) is 3.14. The van der Waals surface area contributed by atoms with Crippen LogP contribution in [0.3, 0.4) is 0 Å². The Morgan fingerprint density at radius 3 is 2.48 bits per heavy atom. The number of pyridine rings is 1. The Balaban J connectivity index is 1.95. The van der Waals surface area contributed by atoms with Crippen molar-refractivity contribution in [2.45, 2.75) is 0 Å². The van der Waals surface area contributed by atoms with Crippen molar-refractivity contribution in [1.82, 2.24) is 9.30 Å². The fraction of sp³-hybridized carbons (Fsp3) is 0.176. The number of fused-ring (bicyclic) bond motifs is 1. The van der Waals surface area contributed by atoms with Crippen LogP contribution in [0, 0.1) is 0 Å². The summed E-state index contributed by atoms with van der Waals surface area (Å²) in [5.41, 5.74) is 3.02. The molecule has 0 radical (unpaired) electrons. The van der Waals surface area contributed by atoms with Gasteiger partial charge in [0, 0.05) is 25.7 Å². The summed E-state index contributed by atoms with van der Waals surface area (Å²) in [7, 11) is 5.28. The van der Waals surface area contributed by atoms with Gasteiger partial charge in [-0.05, 0) is 48.0 Å². The van der Waals surface area contributed by atoms with E-state index in [4.69, 9.17) is 16.3 Å². The number of hydrogen-bond donors (Lipinski definition) is 0. The number of aryl methyl sites for hydroxylation is 1. The molecule has 0 aliphatic heterocycles. The van der Waals surface area contributed by atoms with E-state index in [1.54, 1.807) is 26.2 Å². The molecule has 0 saturated carbocycles. The molecular weight excluding hydrogens is 314 g/mol. The number of carbonyl (C=O) groups excluding carboxylic acids is 1. The van der Waals surface area contributed by atoms with Gasteiger partial charge in [-0.2, -0.15) is 4.40 Å². The molecule has 23 heavy (non-hydrogen) atoms. The normalized spacial score (nSPS) is 10.8. The van der Waals surface area contributed by atoms with Gasteiger partial charge in [0.2, 0.25) is 0 Å². The number of imidazole rings is 1. The highest BCUT2D eigenvalue weighted by Gasteiger charge is 2.17. The van der Waals surface area contributed by atoms with Crippen LogP contribution in [-0.2, 0) is 7.05 Å². The molecule has 3 rings (SSSR count). The summed E-state index contributed by atoms with van der Waals surface area (Å²) in [6.07, 6.45) is 1.59. The minimum absolute atomic E-state index is 0.398. The molecule has 2 heterocycles. The topological polar surface area (TPSA) is 37.8 Å². The van der Waals surface area contributed by atoms with Crippen molar-refractivity contribution in [2.75, 3.05) is 14.1 Å². The van der Waals surface area contributed by atoms with Crippen LogP contribution in [0.5, 0.6) is 5.75 Å². The summed E-state index contributed by atoms with van der Waals surface area (Å²) in [5, 5.41) is 0.654. The zero-order valence-corrected chi connectivity index (χ0v) is 13.9. The molecule has 1 aromatic carbocycles. The maximum absolute atomic E-state index is 11.6. The number of halogens is 1. The number of ether oxygens (including phenoxy) is 1. The second-order valence-electron chi connectivity index (χ2n) is 5.44. The monoisotopic (exact) mass is 330 g/mol. The Morgan fingerprint density at radius 1 is 1.17 bits per heavy atom. The maximum Gasteiger partial charge on any atom is 0.414 e. The first-order valence-electron chi connectivity index (χ1n) is 7.12. The van der Waals surface area contributed by atoms with Crippen LogP contribution in [0.2, 0.25) is 5.15 Å². The van der Waals surface area contributed by atoms with Crippen LogP contribution in [0.4, 0.5) is 4.79 Å². The number of benzene rings is 1. The lowest BCUT2D eigenvalue weighted by Crippen LogP contribution is -2.29. The second-order valence-corrected chi connectivity index (χ2v) is 5.82. The van der Waals surface area contributed by atoms with Crippen molar-refractivity contribution < 1.29 is 14.1 Å². The Labute approximate surface area is 139 Å². The lowest BCUT2D eigenvalue weighted by molar-refractivity contribution is -0.633. The summed E-state index contributed by atoms with van der Waals surface area (Å²) >= 11 is 6.23. The van der Waals surface area contributed by atoms with E-state index in [-0.39, 0.29) is 0 Å². The molecule has 0 fully saturated rings. The average molecular weight is 331 g/mol. The SMILES string of the molecule is CN(C)C(=O)Oc1ccc(-c2cn3c(Cl)cccc3[n+]2C)cc1. The minimum atomic E-state index is -0.398. The van der Waals surface area contributed by atoms with Crippen molar-refractivity contribution in [1.29, 1.82) is 0 Å². The van der Waals surface area contributed by atoms with E-state index in [2.05, 4.69) is 4.57 Å². The van der Waals surface area contributed by atoms with Gasteiger partial charge in [-0.15, -0.1) is 0 Å². The standard InChI is InChI=1S/C17H17ClN3O2/c1-19(2)17(22)23-13-9-7-12(8-10-13)14-11-21-15(18)5-4-6-16(21)20(14)3/h4-11H,1-3H3/q+1. The van der Waals surface area contributed by atoms with Gasteiger partial charge in [-0.1, -0.05) is 0 Å². The third-order valence-corrected chi connectivity index (χ3v) is 3.94. The molecule has 118 valence electrons. The lowest BCUT2D eigenvalue weighted by atomic mass is 10.1. The summed E-state index contributed by atoms with van der Waals surface area (Å²) in [6, 6.07) is 13.2. The van der Waals surface area contributed by atoms with Crippen molar-refractivity contribution in [3.63, 3.8) is 0 Å². The largest absolute Gasteiger partial charge is 0.414 e. The van der Waals surface area contributed by atoms with Crippen LogP contribution in [0.15, 0.2) is 48.7 Å². The molecule has 6 heteroatoms. The zero-order chi connectivity index (χ0) is 16.6. The first kappa shape index (κ1) is 15.4. The Hall–Kier alpha value is -2.53. The van der Waals surface area contributed by atoms with Crippen LogP contribution >= 0.6 is 11.6 Å². The van der Waals surface area contributed by atoms with Gasteiger partial charge >= 0.3 is 6.09 Å². The molecule has 0 aliphatic carbocycles. The summed E-state index contributed by atoms with van der Waals surface area (Å²) < 4.78 is 9.22. The summed E-state index contributed by atoms with van der Waals surface area (Å²) in [4.78, 5) is 12.9. The van der Waals surface area contributed by atoms with Crippen LogP contribution in [0.25, 0.3) is 16.9 Å². The smallest absolute Gasteiger partial charge is 0.410 e. The van der Waals surface area contributed by atoms with Gasteiger partial charge in [-0.3, -0.25) is 0 Å². The number of aromatic nitrogens is 2. The van der Waals surface area contributed by atoms with Gasteiger partial charge in [0.15, 0.2) is 10.8 Å². The van der Waals surface area contributed by atoms with Gasteiger partial charge in [-0.25, -0.2) is 9.36 Å². The molecule has 0 atom stereocenters. The highest BCUT2D eigenvalue weighted by molar-refractivity contribution is 6.29. The Kier molecular flexibility index (Phi) is 3.96. The van der Waals surface area contributed by atoms with Crippen molar-refractivity contribution >= 4 is 23.3 Å². The van der Waals surface area contributed by atoms with Crippen LogP contribution in [-0.4, -0.2) is 29.5 Å². The van der Waals surface area contributed by atoms with E-state index in [0.717, 1.165) is 16.9 Å². The molecule has 5 nitrogen and oxygen atoms in total. The molecule has 3 aromatic rings. The minimum Gasteiger partial charge on any atom is -0.410 e. The van der Waals surface area contributed by atoms with Gasteiger partial charge in [0.1, 0.15) is 11.9 Å².